The molecule has 1 N–H and O–H groups in total. The van der Waals surface area contributed by atoms with Gasteiger partial charge in [0.25, 0.3) is 5.69 Å². The van der Waals surface area contributed by atoms with Crippen LogP contribution in [0.2, 0.25) is 0 Å². The van der Waals surface area contributed by atoms with Crippen LogP contribution in [-0.4, -0.2) is 47.3 Å². The van der Waals surface area contributed by atoms with Gasteiger partial charge in [0.15, 0.2) is 0 Å². The van der Waals surface area contributed by atoms with Crippen molar-refractivity contribution in [2.24, 2.45) is 0 Å². The molecule has 0 radical (unpaired) electrons. The van der Waals surface area contributed by atoms with Gasteiger partial charge in [0, 0.05) is 34.0 Å². The molecule has 35 heavy (non-hydrogen) atoms. The minimum Gasteiger partial charge on any atom is -0.444 e. The summed E-state index contributed by atoms with van der Waals surface area (Å²) in [5.41, 5.74) is -0.0442. The van der Waals surface area contributed by atoms with Crippen LogP contribution in [0.25, 0.3) is 0 Å². The topological polar surface area (TPSA) is 119 Å². The molecule has 190 valence electrons. The van der Waals surface area contributed by atoms with Crippen LogP contribution in [0.3, 0.4) is 0 Å². The summed E-state index contributed by atoms with van der Waals surface area (Å²) in [7, 11) is -3.98. The van der Waals surface area contributed by atoms with E-state index in [1.807, 2.05) is 24.3 Å². The van der Waals surface area contributed by atoms with Gasteiger partial charge in [-0.3, -0.25) is 15.0 Å². The fraction of sp³-hybridized carbons (Fsp3) is 0.435. The first-order valence-corrected chi connectivity index (χ1v) is 14.1. The first kappa shape index (κ1) is 27.6. The minimum atomic E-state index is -3.98. The number of nitro groups is 1. The molecule has 1 aliphatic heterocycles. The number of likely N-dealkylation sites (tertiary alicyclic amines) is 1. The van der Waals surface area contributed by atoms with Gasteiger partial charge in [-0.2, -0.15) is 0 Å². The Morgan fingerprint density at radius 1 is 1.11 bits per heavy atom. The Balaban J connectivity index is 1.91. The van der Waals surface area contributed by atoms with Crippen LogP contribution in [0.15, 0.2) is 57.9 Å². The van der Waals surface area contributed by atoms with E-state index in [9.17, 15) is 23.3 Å². The molecule has 1 saturated heterocycles. The standard InChI is InChI=1S/C23H27Br2N3O6S/c1-23(2,3)34-22(29)27-14-17(8-13-20(25)21(27)15-4-6-16(24)7-5-15)26-35(32,33)19-11-9-18(10-12-19)28(30)31/h4-7,9-12,17,20-21,26H,8,13-14H2,1-3H3/t17-,20+,21-/m1/s1. The molecule has 2 aromatic rings. The number of nitro benzene ring substituents is 1. The van der Waals surface area contributed by atoms with Gasteiger partial charge in [0.05, 0.1) is 15.9 Å². The van der Waals surface area contributed by atoms with Gasteiger partial charge in [0.1, 0.15) is 5.60 Å². The van der Waals surface area contributed by atoms with Gasteiger partial charge in [-0.05, 0) is 63.4 Å². The fourth-order valence-corrected chi connectivity index (χ4v) is 6.22. The van der Waals surface area contributed by atoms with E-state index in [2.05, 4.69) is 36.6 Å². The Hall–Kier alpha value is -2.02. The zero-order valence-corrected chi connectivity index (χ0v) is 23.5. The summed E-state index contributed by atoms with van der Waals surface area (Å²) in [4.78, 5) is 24.9. The number of hydrogen-bond acceptors (Lipinski definition) is 6. The molecule has 0 spiro atoms. The Morgan fingerprint density at radius 3 is 2.26 bits per heavy atom. The number of nitrogens with zero attached hydrogens (tertiary/aromatic N) is 2. The molecule has 9 nitrogen and oxygen atoms in total. The van der Waals surface area contributed by atoms with Crippen molar-refractivity contribution in [3.63, 3.8) is 0 Å². The monoisotopic (exact) mass is 631 g/mol. The smallest absolute Gasteiger partial charge is 0.410 e. The number of hydrogen-bond donors (Lipinski definition) is 1. The zero-order chi connectivity index (χ0) is 26.0. The second kappa shape index (κ2) is 10.9. The lowest BCUT2D eigenvalue weighted by molar-refractivity contribution is -0.384. The summed E-state index contributed by atoms with van der Waals surface area (Å²) >= 11 is 7.15. The molecular weight excluding hydrogens is 606 g/mol. The molecule has 1 fully saturated rings. The van der Waals surface area contributed by atoms with Gasteiger partial charge >= 0.3 is 6.09 Å². The van der Waals surface area contributed by atoms with E-state index >= 15 is 0 Å². The highest BCUT2D eigenvalue weighted by Gasteiger charge is 2.39. The predicted molar refractivity (Wildman–Crippen MR) is 139 cm³/mol. The van der Waals surface area contributed by atoms with E-state index in [-0.39, 0.29) is 28.0 Å². The van der Waals surface area contributed by atoms with E-state index in [1.54, 1.807) is 25.7 Å². The molecule has 0 saturated carbocycles. The quantitative estimate of drug-likeness (QED) is 0.263. The van der Waals surface area contributed by atoms with Crippen molar-refractivity contribution < 1.29 is 22.9 Å². The lowest BCUT2D eigenvalue weighted by Crippen LogP contribution is -2.47. The molecule has 0 aromatic heterocycles. The van der Waals surface area contributed by atoms with Gasteiger partial charge in [-0.25, -0.2) is 17.9 Å². The Morgan fingerprint density at radius 2 is 1.71 bits per heavy atom. The third-order valence-electron chi connectivity index (χ3n) is 5.41. The summed E-state index contributed by atoms with van der Waals surface area (Å²) in [5.74, 6) is 0. The van der Waals surface area contributed by atoms with Gasteiger partial charge < -0.3 is 4.74 Å². The van der Waals surface area contributed by atoms with Crippen LogP contribution in [0.1, 0.15) is 45.2 Å². The number of carbonyl (C=O) groups is 1. The zero-order valence-electron chi connectivity index (χ0n) is 19.5. The first-order chi connectivity index (χ1) is 16.3. The summed E-state index contributed by atoms with van der Waals surface area (Å²) < 4.78 is 35.3. The number of carbonyl (C=O) groups excluding carboxylic acids is 1. The highest BCUT2D eigenvalue weighted by molar-refractivity contribution is 9.10. The number of rotatable bonds is 5. The highest BCUT2D eigenvalue weighted by atomic mass is 79.9. The number of benzene rings is 2. The molecule has 1 amide bonds. The minimum absolute atomic E-state index is 0.0870. The Labute approximate surface area is 221 Å². The molecule has 0 aliphatic carbocycles. The van der Waals surface area contributed by atoms with Crippen LogP contribution in [0, 0.1) is 10.1 Å². The number of halogens is 2. The van der Waals surface area contributed by atoms with Crippen LogP contribution in [0.5, 0.6) is 0 Å². The molecule has 2 aromatic carbocycles. The predicted octanol–water partition coefficient (Wildman–Crippen LogP) is 5.54. The molecule has 3 rings (SSSR count). The molecule has 0 bridgehead atoms. The van der Waals surface area contributed by atoms with Gasteiger partial charge in [0.2, 0.25) is 10.0 Å². The molecule has 12 heteroatoms. The molecule has 0 unspecified atom stereocenters. The second-order valence-electron chi connectivity index (χ2n) is 9.29. The Bertz CT molecular complexity index is 1170. The van der Waals surface area contributed by atoms with Crippen molar-refractivity contribution in [1.29, 1.82) is 0 Å². The van der Waals surface area contributed by atoms with Gasteiger partial charge in [-0.15, -0.1) is 0 Å². The second-order valence-corrected chi connectivity index (χ2v) is 13.1. The van der Waals surface area contributed by atoms with E-state index in [4.69, 9.17) is 4.74 Å². The maximum atomic E-state index is 13.3. The van der Waals surface area contributed by atoms with Crippen LogP contribution in [0.4, 0.5) is 10.5 Å². The average molecular weight is 633 g/mol. The van der Waals surface area contributed by atoms with E-state index < -0.39 is 32.7 Å². The third kappa shape index (κ3) is 7.25. The number of nitrogens with one attached hydrogen (secondary N) is 1. The number of non-ortho nitro benzene ring substituents is 1. The summed E-state index contributed by atoms with van der Waals surface area (Å²) in [6.07, 6.45) is 0.512. The lowest BCUT2D eigenvalue weighted by atomic mass is 10.0. The summed E-state index contributed by atoms with van der Waals surface area (Å²) in [6, 6.07) is 11.3. The molecule has 1 heterocycles. The largest absolute Gasteiger partial charge is 0.444 e. The Kier molecular flexibility index (Phi) is 8.61. The first-order valence-electron chi connectivity index (χ1n) is 10.9. The lowest BCUT2D eigenvalue weighted by Gasteiger charge is -2.35. The fourth-order valence-electron chi connectivity index (χ4n) is 3.84. The number of ether oxygens (including phenoxy) is 1. The molecule has 3 atom stereocenters. The number of sulfonamides is 1. The number of alkyl halides is 1. The van der Waals surface area contributed by atoms with Crippen molar-refractivity contribution in [3.05, 3.63) is 68.7 Å². The van der Waals surface area contributed by atoms with E-state index in [1.165, 1.54) is 12.1 Å². The summed E-state index contributed by atoms with van der Waals surface area (Å²) in [6.45, 7) is 5.41. The highest BCUT2D eigenvalue weighted by Crippen LogP contribution is 2.37. The van der Waals surface area contributed by atoms with E-state index in [0.717, 1.165) is 22.2 Å². The summed E-state index contributed by atoms with van der Waals surface area (Å²) in [5, 5.41) is 10.9. The van der Waals surface area contributed by atoms with E-state index in [0.29, 0.717) is 12.8 Å². The number of amides is 1. The average Bonchev–Trinajstić information content (AvgIpc) is 2.92. The van der Waals surface area contributed by atoms with Crippen molar-refractivity contribution in [2.75, 3.05) is 6.54 Å². The molecular formula is C23H27Br2N3O6S. The van der Waals surface area contributed by atoms with Crippen LogP contribution >= 0.6 is 31.9 Å². The van der Waals surface area contributed by atoms with Crippen molar-refractivity contribution in [2.45, 2.75) is 61.0 Å². The van der Waals surface area contributed by atoms with Crippen molar-refractivity contribution in [1.82, 2.24) is 9.62 Å². The van der Waals surface area contributed by atoms with Gasteiger partial charge in [-0.1, -0.05) is 44.0 Å². The molecule has 1 aliphatic rings. The maximum Gasteiger partial charge on any atom is 0.410 e. The van der Waals surface area contributed by atoms with Crippen molar-refractivity contribution in [3.8, 4) is 0 Å². The van der Waals surface area contributed by atoms with Crippen LogP contribution < -0.4 is 4.72 Å². The normalized spacial score (nSPS) is 21.3. The van der Waals surface area contributed by atoms with Crippen molar-refractivity contribution >= 4 is 53.7 Å². The van der Waals surface area contributed by atoms with Crippen LogP contribution in [-0.2, 0) is 14.8 Å². The SMILES string of the molecule is CC(C)(C)OC(=O)N1C[C@H](NS(=O)(=O)c2ccc([N+](=O)[O-])cc2)CC[C@H](Br)[C@H]1c1ccc(Br)cc1. The third-order valence-corrected chi connectivity index (χ3v) is 8.43. The maximum absolute atomic E-state index is 13.3.